The maximum absolute atomic E-state index is 10.4. The average Bonchev–Trinajstić information content (AvgIpc) is 3.56. The quantitative estimate of drug-likeness (QED) is 0.127. The van der Waals surface area contributed by atoms with Gasteiger partial charge in [0.2, 0.25) is 0 Å². The van der Waals surface area contributed by atoms with E-state index >= 15 is 0 Å². The van der Waals surface area contributed by atoms with Gasteiger partial charge in [0.05, 0.1) is 0 Å². The summed E-state index contributed by atoms with van der Waals surface area (Å²) in [5, 5.41) is 64.1. The van der Waals surface area contributed by atoms with Crippen LogP contribution in [0.4, 0.5) is 0 Å². The topological polar surface area (TPSA) is 254 Å². The number of hydrogen-bond acceptors (Lipinski definition) is 10. The molecule has 6 rings (SSSR count). The number of carboxylic acid groups (broad SMARTS) is 1. The fourth-order valence-electron chi connectivity index (χ4n) is 4.56. The van der Waals surface area contributed by atoms with E-state index in [4.69, 9.17) is 40.9 Å². The number of likely N-dealkylation sites (tertiary alicyclic amines) is 1. The summed E-state index contributed by atoms with van der Waals surface area (Å²) in [4.78, 5) is 47.9. The molecule has 15 heteroatoms. The van der Waals surface area contributed by atoms with Crippen molar-refractivity contribution in [3.63, 3.8) is 0 Å². The van der Waals surface area contributed by atoms with E-state index in [9.17, 15) is 19.2 Å². The summed E-state index contributed by atoms with van der Waals surface area (Å²) in [6.45, 7) is 1.22. The van der Waals surface area contributed by atoms with E-state index in [1.807, 2.05) is 18.5 Å². The zero-order valence-electron chi connectivity index (χ0n) is 28.4. The van der Waals surface area contributed by atoms with Crippen LogP contribution in [0.1, 0.15) is 65.9 Å². The third-order valence-electron chi connectivity index (χ3n) is 7.17. The molecule has 279 valence electrons. The van der Waals surface area contributed by atoms with E-state index < -0.39 is 23.9 Å². The molecule has 1 aliphatic rings. The monoisotopic (exact) mass is 772 g/mol. The van der Waals surface area contributed by atoms with Crippen molar-refractivity contribution in [1.29, 1.82) is 0 Å². The first-order valence-corrected chi connectivity index (χ1v) is 15.5. The zero-order chi connectivity index (χ0) is 38.6. The normalized spacial score (nSPS) is 12.5. The number of carboxylic acids is 1. The number of phenols is 4. The molecule has 0 bridgehead atoms. The fourth-order valence-corrected chi connectivity index (χ4v) is 4.56. The van der Waals surface area contributed by atoms with Crippen molar-refractivity contribution in [1.82, 2.24) is 9.88 Å². The number of pyridine rings is 1. The number of aromatic nitrogens is 1. The summed E-state index contributed by atoms with van der Waals surface area (Å²) >= 11 is 0. The first-order valence-electron chi connectivity index (χ1n) is 15.5. The van der Waals surface area contributed by atoms with Crippen molar-refractivity contribution in [3.05, 3.63) is 149 Å². The Morgan fingerprint density at radius 1 is 0.604 bits per heavy atom. The van der Waals surface area contributed by atoms with Crippen molar-refractivity contribution in [2.24, 2.45) is 0 Å². The van der Waals surface area contributed by atoms with E-state index in [1.54, 1.807) is 48.5 Å². The molecule has 2 heterocycles. The smallest absolute Gasteiger partial charge is 0.552 e. The van der Waals surface area contributed by atoms with Crippen LogP contribution < -0.4 is 0 Å². The molecule has 1 aromatic heterocycles. The molecule has 0 saturated carbocycles. The van der Waals surface area contributed by atoms with Crippen LogP contribution in [0, 0.1) is 0 Å². The number of carbonyl (C=O) groups excluding carboxylic acids is 3. The van der Waals surface area contributed by atoms with E-state index in [-0.39, 0.29) is 62.3 Å². The molecule has 0 amide bonds. The summed E-state index contributed by atoms with van der Waals surface area (Å²) in [6, 6.07) is 28.5. The molecular formula is C38H41MnN2O12+3. The van der Waals surface area contributed by atoms with Crippen molar-refractivity contribution >= 4 is 23.9 Å². The minimum atomic E-state index is -1.11. The van der Waals surface area contributed by atoms with Gasteiger partial charge in [-0.25, -0.2) is 4.79 Å². The van der Waals surface area contributed by atoms with Crippen LogP contribution in [-0.4, -0.2) is 88.2 Å². The Balaban J connectivity index is 0.000000331. The Morgan fingerprint density at radius 2 is 0.962 bits per heavy atom. The number of para-hydroxylation sites is 4. The number of aromatic carboxylic acids is 1. The number of aromatic hydroxyl groups is 4. The maximum atomic E-state index is 10.4. The Kier molecular flexibility index (Phi) is 19.5. The molecule has 1 radical (unpaired) electrons. The van der Waals surface area contributed by atoms with Crippen LogP contribution in [-0.2, 0) is 17.1 Å². The minimum absolute atomic E-state index is 0. The Morgan fingerprint density at radius 3 is 1.19 bits per heavy atom. The SMILES string of the molecule is CN1CCC[C@H]1c1cccnc1.O=C(O)c1ccccc1O.O=C([OH2+])c1ccccc1O.O=C([OH2+])c1ccccc1O.O=C([OH2+])c1ccccc1O.[Mn]. The van der Waals surface area contributed by atoms with Crippen LogP contribution in [0.5, 0.6) is 23.0 Å². The molecule has 14 nitrogen and oxygen atoms in total. The predicted molar refractivity (Wildman–Crippen MR) is 192 cm³/mol. The second-order valence-corrected chi connectivity index (χ2v) is 10.8. The summed E-state index contributed by atoms with van der Waals surface area (Å²) in [5.41, 5.74) is 1.42. The molecule has 1 fully saturated rings. The summed E-state index contributed by atoms with van der Waals surface area (Å²) < 4.78 is 0. The Labute approximate surface area is 315 Å². The van der Waals surface area contributed by atoms with Gasteiger partial charge in [0, 0.05) is 49.9 Å². The average molecular weight is 773 g/mol. The van der Waals surface area contributed by atoms with Crippen molar-refractivity contribution in [2.45, 2.75) is 18.9 Å². The van der Waals surface area contributed by atoms with E-state index in [1.165, 1.54) is 73.5 Å². The largest absolute Gasteiger partial charge is 0.561 e. The first kappa shape index (κ1) is 44.6. The van der Waals surface area contributed by atoms with Crippen LogP contribution in [0.25, 0.3) is 0 Å². The van der Waals surface area contributed by atoms with Crippen LogP contribution in [0.3, 0.4) is 0 Å². The molecule has 0 aliphatic carbocycles. The Hall–Kier alpha value is -6.41. The molecule has 0 unspecified atom stereocenters. The number of phenolic OH excluding ortho intramolecular Hbond substituents is 3. The van der Waals surface area contributed by atoms with Crippen molar-refractivity contribution < 1.29 is 77.1 Å². The molecular weight excluding hydrogens is 731 g/mol. The standard InChI is InChI=1S/C10H14N2.4C7H6O3.Mn/c1-12-7-3-5-10(12)9-4-2-6-11-8-9;4*8-6-4-2-1-3-5(6)7(9)10;/h2,4,6,8,10H,3,5,7H2,1H3;4*1-4,8H,(H,9,10);/p+3/t10-;;;;;/m0...../s1. The first-order chi connectivity index (χ1) is 24.7. The van der Waals surface area contributed by atoms with Crippen LogP contribution >= 0.6 is 0 Å². The second-order valence-electron chi connectivity index (χ2n) is 10.8. The van der Waals surface area contributed by atoms with E-state index in [2.05, 4.69) is 23.0 Å². The molecule has 11 N–H and O–H groups in total. The van der Waals surface area contributed by atoms with E-state index in [0.29, 0.717) is 6.04 Å². The Bertz CT molecular complexity index is 1700. The van der Waals surface area contributed by atoms with Gasteiger partial charge in [0.25, 0.3) is 0 Å². The van der Waals surface area contributed by atoms with Gasteiger partial charge in [-0.15, -0.1) is 0 Å². The van der Waals surface area contributed by atoms with E-state index in [0.717, 1.165) is 0 Å². The van der Waals surface area contributed by atoms with Crippen molar-refractivity contribution in [2.75, 3.05) is 13.6 Å². The second kappa shape index (κ2) is 23.1. The number of nitrogens with zero attached hydrogens (tertiary/aromatic N) is 2. The molecule has 1 aliphatic heterocycles. The molecule has 1 atom stereocenters. The van der Waals surface area contributed by atoms with Gasteiger partial charge in [-0.05, 0) is 86.6 Å². The van der Waals surface area contributed by atoms with Crippen LogP contribution in [0.2, 0.25) is 0 Å². The maximum Gasteiger partial charge on any atom is 0.552 e. The van der Waals surface area contributed by atoms with Gasteiger partial charge >= 0.3 is 23.9 Å². The number of rotatable bonds is 5. The molecule has 0 spiro atoms. The zero-order valence-corrected chi connectivity index (χ0v) is 29.6. The van der Waals surface area contributed by atoms with Gasteiger partial charge in [0.1, 0.15) is 28.6 Å². The van der Waals surface area contributed by atoms with Gasteiger partial charge < -0.3 is 40.9 Å². The van der Waals surface area contributed by atoms with Gasteiger partial charge in [-0.3, -0.25) is 9.88 Å². The minimum Gasteiger partial charge on any atom is -0.561 e. The van der Waals surface area contributed by atoms with Gasteiger partial charge in [-0.1, -0.05) is 54.6 Å². The number of hydrogen-bond donors (Lipinski definition) is 5. The molecule has 4 aromatic carbocycles. The molecule has 5 aromatic rings. The predicted octanol–water partition coefficient (Wildman–Crippen LogP) is 3.71. The summed E-state index contributed by atoms with van der Waals surface area (Å²) in [7, 11) is 2.19. The summed E-state index contributed by atoms with van der Waals surface area (Å²) in [5.74, 6) is -4.31. The fraction of sp³-hybridized carbons (Fsp3) is 0.132. The van der Waals surface area contributed by atoms with Crippen molar-refractivity contribution in [3.8, 4) is 23.0 Å². The third kappa shape index (κ3) is 15.2. The molecule has 1 saturated heterocycles. The molecule has 53 heavy (non-hydrogen) atoms. The van der Waals surface area contributed by atoms with Gasteiger partial charge in [0.15, 0.2) is 16.7 Å². The number of benzene rings is 4. The van der Waals surface area contributed by atoms with Crippen LogP contribution in [0.15, 0.2) is 122 Å². The summed E-state index contributed by atoms with van der Waals surface area (Å²) in [6.07, 6.45) is 6.41. The van der Waals surface area contributed by atoms with Gasteiger partial charge in [-0.2, -0.15) is 0 Å². The number of carbonyl (C=O) groups is 4. The third-order valence-corrected chi connectivity index (χ3v) is 7.17.